The van der Waals surface area contributed by atoms with Crippen LogP contribution in [0.15, 0.2) is 24.3 Å². The standard InChI is InChI=1S/C19H25ClN4O/c1-12(18-13(2)22-23(4)14(18)3)19(25)24-9-8-21-11-17(24)15-6-5-7-16(20)10-15/h5-7,10,12,17,21H,8-9,11H2,1-4H3. The van der Waals surface area contributed by atoms with Gasteiger partial charge in [0.2, 0.25) is 5.91 Å². The molecule has 2 unspecified atom stereocenters. The van der Waals surface area contributed by atoms with Gasteiger partial charge in [-0.2, -0.15) is 5.10 Å². The van der Waals surface area contributed by atoms with Crippen LogP contribution >= 0.6 is 11.6 Å². The summed E-state index contributed by atoms with van der Waals surface area (Å²) >= 11 is 6.16. The Balaban J connectivity index is 1.90. The fourth-order valence-corrected chi connectivity index (χ4v) is 3.97. The Labute approximate surface area is 154 Å². The van der Waals surface area contributed by atoms with Crippen molar-refractivity contribution in [2.75, 3.05) is 19.6 Å². The van der Waals surface area contributed by atoms with Gasteiger partial charge in [0.25, 0.3) is 0 Å². The summed E-state index contributed by atoms with van der Waals surface area (Å²) in [7, 11) is 1.92. The van der Waals surface area contributed by atoms with E-state index in [9.17, 15) is 4.79 Å². The second kappa shape index (κ2) is 7.18. The Morgan fingerprint density at radius 2 is 2.16 bits per heavy atom. The third-order valence-corrected chi connectivity index (χ3v) is 5.36. The first-order valence-electron chi connectivity index (χ1n) is 8.67. The molecule has 3 rings (SSSR count). The molecule has 1 aromatic heterocycles. The van der Waals surface area contributed by atoms with E-state index in [1.54, 1.807) is 0 Å². The van der Waals surface area contributed by atoms with Crippen LogP contribution < -0.4 is 5.32 Å². The topological polar surface area (TPSA) is 50.2 Å². The summed E-state index contributed by atoms with van der Waals surface area (Å²) in [5.41, 5.74) is 4.08. The summed E-state index contributed by atoms with van der Waals surface area (Å²) in [6, 6.07) is 7.78. The molecule has 1 saturated heterocycles. The average Bonchev–Trinajstić information content (AvgIpc) is 2.86. The zero-order valence-corrected chi connectivity index (χ0v) is 16.0. The number of aryl methyl sites for hydroxylation is 2. The molecule has 1 aromatic carbocycles. The number of benzene rings is 1. The number of amides is 1. The van der Waals surface area contributed by atoms with E-state index in [0.29, 0.717) is 11.6 Å². The van der Waals surface area contributed by atoms with Gasteiger partial charge in [-0.15, -0.1) is 0 Å². The van der Waals surface area contributed by atoms with Crippen LogP contribution in [0.2, 0.25) is 5.02 Å². The van der Waals surface area contributed by atoms with Crippen molar-refractivity contribution in [2.24, 2.45) is 7.05 Å². The molecule has 2 aromatic rings. The van der Waals surface area contributed by atoms with Crippen LogP contribution in [0.5, 0.6) is 0 Å². The zero-order valence-electron chi connectivity index (χ0n) is 15.2. The highest BCUT2D eigenvalue weighted by Crippen LogP contribution is 2.30. The minimum atomic E-state index is -0.214. The largest absolute Gasteiger partial charge is 0.333 e. The molecule has 0 aliphatic carbocycles. The van der Waals surface area contributed by atoms with Crippen LogP contribution in [-0.2, 0) is 11.8 Å². The molecule has 2 atom stereocenters. The summed E-state index contributed by atoms with van der Waals surface area (Å²) in [4.78, 5) is 15.3. The molecule has 0 radical (unpaired) electrons. The Kier molecular flexibility index (Phi) is 5.16. The number of carbonyl (C=O) groups is 1. The minimum Gasteiger partial charge on any atom is -0.333 e. The van der Waals surface area contributed by atoms with Gasteiger partial charge in [0.15, 0.2) is 0 Å². The maximum Gasteiger partial charge on any atom is 0.230 e. The van der Waals surface area contributed by atoms with Crippen LogP contribution in [0.3, 0.4) is 0 Å². The monoisotopic (exact) mass is 360 g/mol. The Hall–Kier alpha value is -1.85. The molecule has 1 fully saturated rings. The number of nitrogens with one attached hydrogen (secondary N) is 1. The molecule has 0 bridgehead atoms. The quantitative estimate of drug-likeness (QED) is 0.915. The van der Waals surface area contributed by atoms with Crippen molar-refractivity contribution in [2.45, 2.75) is 32.7 Å². The van der Waals surface area contributed by atoms with Crippen LogP contribution in [0, 0.1) is 13.8 Å². The van der Waals surface area contributed by atoms with Crippen molar-refractivity contribution in [3.63, 3.8) is 0 Å². The number of rotatable bonds is 3. The van der Waals surface area contributed by atoms with Crippen LogP contribution in [-0.4, -0.2) is 40.2 Å². The molecule has 2 heterocycles. The molecule has 5 nitrogen and oxygen atoms in total. The highest BCUT2D eigenvalue weighted by atomic mass is 35.5. The van der Waals surface area contributed by atoms with Crippen LogP contribution in [0.4, 0.5) is 0 Å². The molecule has 1 aliphatic rings. The number of carbonyl (C=O) groups excluding carboxylic acids is 1. The second-order valence-corrected chi connectivity index (χ2v) is 7.17. The first kappa shape index (κ1) is 18.0. The maximum absolute atomic E-state index is 13.3. The Morgan fingerprint density at radius 1 is 1.40 bits per heavy atom. The number of nitrogens with zero attached hydrogens (tertiary/aromatic N) is 3. The number of hydrogen-bond acceptors (Lipinski definition) is 3. The summed E-state index contributed by atoms with van der Waals surface area (Å²) in [6.07, 6.45) is 0. The number of hydrogen-bond donors (Lipinski definition) is 1. The van der Waals surface area contributed by atoms with Crippen molar-refractivity contribution < 1.29 is 4.79 Å². The lowest BCUT2D eigenvalue weighted by Crippen LogP contribution is -2.49. The molecule has 134 valence electrons. The summed E-state index contributed by atoms with van der Waals surface area (Å²) in [6.45, 7) is 8.21. The molecular formula is C19H25ClN4O. The van der Waals surface area contributed by atoms with E-state index >= 15 is 0 Å². The van der Waals surface area contributed by atoms with E-state index in [4.69, 9.17) is 11.6 Å². The van der Waals surface area contributed by atoms with Gasteiger partial charge in [-0.3, -0.25) is 9.48 Å². The van der Waals surface area contributed by atoms with Gasteiger partial charge in [-0.25, -0.2) is 0 Å². The fourth-order valence-electron chi connectivity index (χ4n) is 3.77. The van der Waals surface area contributed by atoms with E-state index in [0.717, 1.165) is 35.6 Å². The zero-order chi connectivity index (χ0) is 18.1. The van der Waals surface area contributed by atoms with E-state index in [1.165, 1.54) is 0 Å². The fraction of sp³-hybridized carbons (Fsp3) is 0.474. The third-order valence-electron chi connectivity index (χ3n) is 5.13. The number of aromatic nitrogens is 2. The van der Waals surface area contributed by atoms with E-state index < -0.39 is 0 Å². The van der Waals surface area contributed by atoms with Crippen LogP contribution in [0.25, 0.3) is 0 Å². The maximum atomic E-state index is 13.3. The molecule has 1 N–H and O–H groups in total. The predicted molar refractivity (Wildman–Crippen MR) is 99.9 cm³/mol. The van der Waals surface area contributed by atoms with Crippen molar-refractivity contribution in [3.8, 4) is 0 Å². The number of piperazine rings is 1. The van der Waals surface area contributed by atoms with Gasteiger partial charge in [0.05, 0.1) is 17.7 Å². The van der Waals surface area contributed by atoms with Gasteiger partial charge < -0.3 is 10.2 Å². The predicted octanol–water partition coefficient (Wildman–Crippen LogP) is 2.97. The highest BCUT2D eigenvalue weighted by molar-refractivity contribution is 6.30. The molecular weight excluding hydrogens is 336 g/mol. The van der Waals surface area contributed by atoms with E-state index in [2.05, 4.69) is 10.4 Å². The third kappa shape index (κ3) is 3.44. The number of halogens is 1. The van der Waals surface area contributed by atoms with Crippen LogP contribution in [0.1, 0.15) is 41.4 Å². The van der Waals surface area contributed by atoms with Crippen molar-refractivity contribution >= 4 is 17.5 Å². The molecule has 1 aliphatic heterocycles. The molecule has 0 spiro atoms. The lowest BCUT2D eigenvalue weighted by molar-refractivity contribution is -0.135. The summed E-state index contributed by atoms with van der Waals surface area (Å²) in [5, 5.41) is 8.55. The SMILES string of the molecule is Cc1nn(C)c(C)c1C(C)C(=O)N1CCNCC1c1cccc(Cl)c1. The van der Waals surface area contributed by atoms with Gasteiger partial charge in [0, 0.05) is 43.0 Å². The first-order valence-corrected chi connectivity index (χ1v) is 9.04. The lowest BCUT2D eigenvalue weighted by atomic mass is 9.95. The molecule has 0 saturated carbocycles. The highest BCUT2D eigenvalue weighted by Gasteiger charge is 2.33. The molecule has 1 amide bonds. The van der Waals surface area contributed by atoms with Crippen molar-refractivity contribution in [1.29, 1.82) is 0 Å². The smallest absolute Gasteiger partial charge is 0.230 e. The molecule has 6 heteroatoms. The van der Waals surface area contributed by atoms with E-state index in [-0.39, 0.29) is 17.9 Å². The van der Waals surface area contributed by atoms with Crippen molar-refractivity contribution in [1.82, 2.24) is 20.0 Å². The lowest BCUT2D eigenvalue weighted by Gasteiger charge is -2.38. The first-order chi connectivity index (χ1) is 11.9. The van der Waals surface area contributed by atoms with Gasteiger partial charge in [-0.05, 0) is 38.5 Å². The Bertz CT molecular complexity index is 786. The normalized spacial score (nSPS) is 19.1. The van der Waals surface area contributed by atoms with Gasteiger partial charge in [0.1, 0.15) is 0 Å². The van der Waals surface area contributed by atoms with E-state index in [1.807, 2.05) is 61.7 Å². The second-order valence-electron chi connectivity index (χ2n) is 6.74. The van der Waals surface area contributed by atoms with Gasteiger partial charge >= 0.3 is 0 Å². The van der Waals surface area contributed by atoms with Gasteiger partial charge in [-0.1, -0.05) is 23.7 Å². The summed E-state index contributed by atoms with van der Waals surface area (Å²) in [5.74, 6) is -0.0702. The Morgan fingerprint density at radius 3 is 2.80 bits per heavy atom. The van der Waals surface area contributed by atoms with Crippen molar-refractivity contribution in [3.05, 3.63) is 51.8 Å². The minimum absolute atomic E-state index is 0.000293. The summed E-state index contributed by atoms with van der Waals surface area (Å²) < 4.78 is 1.85. The average molecular weight is 361 g/mol. The molecule has 25 heavy (non-hydrogen) atoms.